The normalized spacial score (nSPS) is 13.4. The Balaban J connectivity index is 1.68. The average Bonchev–Trinajstić information content (AvgIpc) is 3.28. The first-order chi connectivity index (χ1) is 14.7. The van der Waals surface area contributed by atoms with Crippen LogP contribution in [0, 0.1) is 5.82 Å². The largest absolute Gasteiger partial charge is 0.488 e. The number of halogens is 1. The number of benzene rings is 2. The highest BCUT2D eigenvalue weighted by atomic mass is 19.1. The van der Waals surface area contributed by atoms with E-state index in [9.17, 15) is 9.18 Å². The Labute approximate surface area is 173 Å². The molecular formula is C24H22FN2O3+. The Morgan fingerprint density at radius 3 is 2.57 bits per heavy atom. The molecule has 0 bridgehead atoms. The van der Waals surface area contributed by atoms with E-state index >= 15 is 0 Å². The molecule has 3 aromatic rings. The van der Waals surface area contributed by atoms with Crippen molar-refractivity contribution < 1.29 is 23.7 Å². The van der Waals surface area contributed by atoms with E-state index in [4.69, 9.17) is 10.6 Å². The first-order valence-corrected chi connectivity index (χ1v) is 9.79. The Kier molecular flexibility index (Phi) is 5.86. The van der Waals surface area contributed by atoms with Crippen LogP contribution in [0.2, 0.25) is 0 Å². The molecule has 0 atom stereocenters. The third kappa shape index (κ3) is 4.09. The highest BCUT2D eigenvalue weighted by Gasteiger charge is 2.25. The summed E-state index contributed by atoms with van der Waals surface area (Å²) in [5.74, 6) is 4.81. The molecule has 0 unspecified atom stereocenters. The summed E-state index contributed by atoms with van der Waals surface area (Å²) >= 11 is 0. The zero-order chi connectivity index (χ0) is 20.9. The van der Waals surface area contributed by atoms with Gasteiger partial charge in [-0.2, -0.15) is 10.9 Å². The quantitative estimate of drug-likeness (QED) is 0.619. The van der Waals surface area contributed by atoms with E-state index in [2.05, 4.69) is 9.82 Å². The summed E-state index contributed by atoms with van der Waals surface area (Å²) < 4.78 is 20.0. The van der Waals surface area contributed by atoms with Crippen molar-refractivity contribution in [3.8, 4) is 5.75 Å². The zero-order valence-corrected chi connectivity index (χ0v) is 16.4. The third-order valence-corrected chi connectivity index (χ3v) is 5.22. The number of nitrogens with one attached hydrogen (secondary N) is 1. The zero-order valence-electron chi connectivity index (χ0n) is 16.4. The molecule has 4 rings (SSSR count). The van der Waals surface area contributed by atoms with E-state index in [-0.39, 0.29) is 18.1 Å². The minimum atomic E-state index is -0.620. The van der Waals surface area contributed by atoms with E-state index in [1.165, 1.54) is 6.07 Å². The average molecular weight is 405 g/mol. The van der Waals surface area contributed by atoms with Crippen LogP contribution in [-0.2, 0) is 11.4 Å². The molecular weight excluding hydrogens is 383 g/mol. The first kappa shape index (κ1) is 19.8. The van der Waals surface area contributed by atoms with E-state index in [0.29, 0.717) is 11.3 Å². The summed E-state index contributed by atoms with van der Waals surface area (Å²) in [6.07, 6.45) is 2.75. The van der Waals surface area contributed by atoms with Crippen molar-refractivity contribution in [2.75, 3.05) is 0 Å². The molecule has 0 amide bonds. The van der Waals surface area contributed by atoms with Crippen molar-refractivity contribution in [1.29, 1.82) is 0 Å². The highest BCUT2D eigenvalue weighted by Crippen LogP contribution is 2.41. The summed E-state index contributed by atoms with van der Waals surface area (Å²) in [7, 11) is 0. The van der Waals surface area contributed by atoms with Gasteiger partial charge in [-0.15, -0.1) is 0 Å². The molecule has 0 saturated carbocycles. The minimum Gasteiger partial charge on any atom is -0.488 e. The standard InChI is InChI=1S/C24H21FN2O3/c25-20-11-3-1-7-16(20)15-29-23-14-4-2-8-19(23)17-9-5-10-18(17)21-12-6-13-22(27-21)24(28)30-26/h1-4,6-8,11-14H,5,9-10,15,26H2/p+1. The fraction of sp³-hybridized carbons (Fsp3) is 0.167. The Bertz CT molecular complexity index is 1110. The number of allylic oxidation sites excluding steroid dienone is 2. The number of H-pyrrole nitrogens is 1. The van der Waals surface area contributed by atoms with Crippen molar-refractivity contribution in [2.45, 2.75) is 25.9 Å². The van der Waals surface area contributed by atoms with Crippen LogP contribution in [0.25, 0.3) is 11.1 Å². The number of carbonyl (C=O) groups excluding carboxylic acids is 1. The number of ether oxygens (including phenoxy) is 1. The number of para-hydroxylation sites is 1. The monoisotopic (exact) mass is 405 g/mol. The van der Waals surface area contributed by atoms with Crippen LogP contribution in [-0.4, -0.2) is 5.97 Å². The molecule has 1 aromatic heterocycles. The summed E-state index contributed by atoms with van der Waals surface area (Å²) in [6, 6.07) is 19.7. The Hall–Kier alpha value is -3.51. The van der Waals surface area contributed by atoms with Gasteiger partial charge in [0.05, 0.1) is 0 Å². The van der Waals surface area contributed by atoms with Crippen LogP contribution in [0.1, 0.15) is 46.6 Å². The molecule has 1 heterocycles. The number of pyridine rings is 1. The fourth-order valence-corrected chi connectivity index (χ4v) is 3.78. The second-order valence-corrected chi connectivity index (χ2v) is 7.07. The van der Waals surface area contributed by atoms with Crippen molar-refractivity contribution in [3.05, 3.63) is 95.1 Å². The summed E-state index contributed by atoms with van der Waals surface area (Å²) in [5, 5.41) is 0. The lowest BCUT2D eigenvalue weighted by Crippen LogP contribution is -2.24. The number of aromatic amines is 1. The Morgan fingerprint density at radius 1 is 0.967 bits per heavy atom. The van der Waals surface area contributed by atoms with E-state index < -0.39 is 5.97 Å². The maximum Gasteiger partial charge on any atom is 0.422 e. The van der Waals surface area contributed by atoms with Crippen LogP contribution < -0.4 is 15.6 Å². The second kappa shape index (κ2) is 8.88. The van der Waals surface area contributed by atoms with Gasteiger partial charge in [-0.25, -0.2) is 9.18 Å². The van der Waals surface area contributed by atoms with Gasteiger partial charge in [0, 0.05) is 28.8 Å². The van der Waals surface area contributed by atoms with Gasteiger partial charge in [0.25, 0.3) is 5.69 Å². The summed E-state index contributed by atoms with van der Waals surface area (Å²) in [5.41, 5.74) is 4.88. The molecule has 0 saturated heterocycles. The number of carbonyl (C=O) groups is 1. The molecule has 2 aromatic carbocycles. The number of nitrogens with two attached hydrogens (primary N) is 1. The van der Waals surface area contributed by atoms with Gasteiger partial charge in [0.15, 0.2) is 0 Å². The predicted molar refractivity (Wildman–Crippen MR) is 110 cm³/mol. The minimum absolute atomic E-state index is 0.149. The second-order valence-electron chi connectivity index (χ2n) is 7.07. The molecule has 30 heavy (non-hydrogen) atoms. The molecule has 0 radical (unpaired) electrons. The maximum atomic E-state index is 14.0. The van der Waals surface area contributed by atoms with Gasteiger partial charge in [-0.05, 0) is 43.0 Å². The van der Waals surface area contributed by atoms with Gasteiger partial charge in [-0.3, -0.25) is 0 Å². The number of hydrogen-bond donors (Lipinski definition) is 1. The molecule has 0 spiro atoms. The topological polar surface area (TPSA) is 75.7 Å². The molecule has 0 aliphatic heterocycles. The van der Waals surface area contributed by atoms with Crippen molar-refractivity contribution in [1.82, 2.24) is 0 Å². The smallest absolute Gasteiger partial charge is 0.422 e. The van der Waals surface area contributed by atoms with Gasteiger partial charge in [0.2, 0.25) is 5.69 Å². The van der Waals surface area contributed by atoms with Crippen LogP contribution >= 0.6 is 0 Å². The summed E-state index contributed by atoms with van der Waals surface area (Å²) in [6.45, 7) is 0.149. The molecule has 5 nitrogen and oxygen atoms in total. The predicted octanol–water partition coefficient (Wildman–Crippen LogP) is 4.34. The fourth-order valence-electron chi connectivity index (χ4n) is 3.78. The van der Waals surface area contributed by atoms with Crippen LogP contribution in [0.3, 0.4) is 0 Å². The third-order valence-electron chi connectivity index (χ3n) is 5.22. The summed E-state index contributed by atoms with van der Waals surface area (Å²) in [4.78, 5) is 19.2. The lowest BCUT2D eigenvalue weighted by molar-refractivity contribution is -0.387. The number of rotatable bonds is 6. The number of aromatic nitrogens is 1. The molecule has 152 valence electrons. The lowest BCUT2D eigenvalue weighted by atomic mass is 9.99. The maximum absolute atomic E-state index is 14.0. The molecule has 6 heteroatoms. The van der Waals surface area contributed by atoms with Crippen molar-refractivity contribution in [2.24, 2.45) is 5.90 Å². The highest BCUT2D eigenvalue weighted by molar-refractivity contribution is 5.93. The van der Waals surface area contributed by atoms with E-state index in [0.717, 1.165) is 41.7 Å². The van der Waals surface area contributed by atoms with E-state index in [1.54, 1.807) is 30.3 Å². The Morgan fingerprint density at radius 2 is 1.73 bits per heavy atom. The van der Waals surface area contributed by atoms with Gasteiger partial charge < -0.3 is 9.57 Å². The van der Waals surface area contributed by atoms with Crippen LogP contribution in [0.15, 0.2) is 66.7 Å². The molecule has 1 aliphatic rings. The lowest BCUT2D eigenvalue weighted by Gasteiger charge is -2.14. The number of hydrogen-bond acceptors (Lipinski definition) is 4. The van der Waals surface area contributed by atoms with Gasteiger partial charge in [0.1, 0.15) is 18.2 Å². The van der Waals surface area contributed by atoms with Gasteiger partial charge >= 0.3 is 5.97 Å². The van der Waals surface area contributed by atoms with E-state index in [1.807, 2.05) is 30.3 Å². The SMILES string of the molecule is NOC(=O)c1cccc(C2=C(c3ccccc3OCc3ccccc3F)CCC2)[nH+]1. The van der Waals surface area contributed by atoms with Crippen molar-refractivity contribution in [3.63, 3.8) is 0 Å². The van der Waals surface area contributed by atoms with Crippen LogP contribution in [0.4, 0.5) is 4.39 Å². The molecule has 1 aliphatic carbocycles. The first-order valence-electron chi connectivity index (χ1n) is 9.79. The van der Waals surface area contributed by atoms with Crippen LogP contribution in [0.5, 0.6) is 5.75 Å². The molecule has 0 fully saturated rings. The van der Waals surface area contributed by atoms with Crippen molar-refractivity contribution >= 4 is 17.1 Å². The van der Waals surface area contributed by atoms with Gasteiger partial charge in [-0.1, -0.05) is 36.4 Å². The molecule has 3 N–H and O–H groups in total.